The lowest BCUT2D eigenvalue weighted by molar-refractivity contribution is 0.0900. The second-order valence-electron chi connectivity index (χ2n) is 24.1. The fourth-order valence-electron chi connectivity index (χ4n) is 16.4. The van der Waals surface area contributed by atoms with E-state index in [4.69, 9.17) is 0 Å². The van der Waals surface area contributed by atoms with Crippen molar-refractivity contribution in [2.24, 2.45) is 76.9 Å². The maximum Gasteiger partial charge on any atom is 0.00101 e. The van der Waals surface area contributed by atoms with Crippen LogP contribution in [0.1, 0.15) is 273 Å². The third kappa shape index (κ3) is 15.6. The Morgan fingerprint density at radius 1 is 0.692 bits per heavy atom. The lowest BCUT2D eigenvalue weighted by atomic mass is 9.61. The van der Waals surface area contributed by atoms with Crippen molar-refractivity contribution in [2.75, 3.05) is 0 Å². The molecule has 6 rings (SSSR count). The zero-order valence-electron chi connectivity index (χ0n) is 44.7. The molecule has 0 saturated heterocycles. The molecule has 0 N–H and O–H groups in total. The molecule has 65 heavy (non-hydrogen) atoms. The first-order chi connectivity index (χ1) is 31.9. The fourth-order valence-corrected chi connectivity index (χ4v) is 16.4. The minimum atomic E-state index is 0.729. The minimum absolute atomic E-state index is 0.729. The number of fused-ring (bicyclic) bond motifs is 1. The summed E-state index contributed by atoms with van der Waals surface area (Å²) in [5.41, 5.74) is 7.35. The van der Waals surface area contributed by atoms with E-state index in [1.807, 2.05) is 11.1 Å². The van der Waals surface area contributed by atoms with Crippen molar-refractivity contribution in [2.45, 2.75) is 273 Å². The molecule has 0 aromatic carbocycles. The first-order valence-electron chi connectivity index (χ1n) is 30.3. The summed E-state index contributed by atoms with van der Waals surface area (Å²) in [6.45, 7) is 17.0. The second kappa shape index (κ2) is 29.0. The predicted molar refractivity (Wildman–Crippen MR) is 288 cm³/mol. The minimum Gasteiger partial charge on any atom is -0.0882 e. The lowest BCUT2D eigenvalue weighted by Crippen LogP contribution is -2.34. The summed E-state index contributed by atoms with van der Waals surface area (Å²) >= 11 is 0. The molecule has 0 amide bonds. The molecule has 0 aromatic heterocycles. The Bertz CT molecular complexity index is 1470. The van der Waals surface area contributed by atoms with Crippen molar-refractivity contribution >= 4 is 0 Å². The summed E-state index contributed by atoms with van der Waals surface area (Å²) in [6.07, 6.45) is 66.4. The Hall–Kier alpha value is -1.30. The van der Waals surface area contributed by atoms with E-state index in [0.29, 0.717) is 0 Å². The van der Waals surface area contributed by atoms with E-state index >= 15 is 0 Å². The van der Waals surface area contributed by atoms with Crippen LogP contribution in [0.5, 0.6) is 0 Å². The average molecular weight is 892 g/mol. The molecule has 0 heterocycles. The summed E-state index contributed by atoms with van der Waals surface area (Å²) < 4.78 is 0. The number of allylic oxidation sites excluding steroid dienone is 10. The Balaban J connectivity index is 1.26. The van der Waals surface area contributed by atoms with E-state index in [1.54, 1.807) is 17.6 Å². The van der Waals surface area contributed by atoms with E-state index in [1.165, 1.54) is 218 Å². The molecule has 0 nitrogen and oxygen atoms in total. The third-order valence-corrected chi connectivity index (χ3v) is 20.3. The van der Waals surface area contributed by atoms with Crippen LogP contribution in [0.15, 0.2) is 58.7 Å². The van der Waals surface area contributed by atoms with Crippen LogP contribution in [0, 0.1) is 76.9 Å². The van der Waals surface area contributed by atoms with Gasteiger partial charge in [-0.25, -0.2) is 0 Å². The van der Waals surface area contributed by atoms with Crippen LogP contribution in [0.3, 0.4) is 0 Å². The van der Waals surface area contributed by atoms with Crippen LogP contribution in [-0.4, -0.2) is 0 Å². The van der Waals surface area contributed by atoms with Gasteiger partial charge in [0.05, 0.1) is 0 Å². The smallest absolute Gasteiger partial charge is 0.00101 e. The summed E-state index contributed by atoms with van der Waals surface area (Å²) in [7, 11) is 0. The molecule has 4 saturated carbocycles. The number of rotatable bonds is 25. The van der Waals surface area contributed by atoms with Crippen LogP contribution in [0.2, 0.25) is 0 Å². The lowest BCUT2D eigenvalue weighted by Gasteiger charge is -2.45. The summed E-state index contributed by atoms with van der Waals surface area (Å²) in [5, 5.41) is 0. The van der Waals surface area contributed by atoms with Gasteiger partial charge in [-0.2, -0.15) is 0 Å². The monoisotopic (exact) mass is 891 g/mol. The van der Waals surface area contributed by atoms with Gasteiger partial charge in [0.2, 0.25) is 0 Å². The van der Waals surface area contributed by atoms with Crippen molar-refractivity contribution in [1.82, 2.24) is 0 Å². The largest absolute Gasteiger partial charge is 0.0882 e. The highest BCUT2D eigenvalue weighted by Crippen LogP contribution is 2.52. The van der Waals surface area contributed by atoms with Crippen molar-refractivity contribution in [1.29, 1.82) is 0 Å². The molecule has 6 aliphatic carbocycles. The van der Waals surface area contributed by atoms with E-state index in [2.05, 4.69) is 84.9 Å². The van der Waals surface area contributed by atoms with Gasteiger partial charge in [-0.15, -0.1) is 0 Å². The van der Waals surface area contributed by atoms with E-state index in [9.17, 15) is 0 Å². The molecule has 0 aliphatic heterocycles. The van der Waals surface area contributed by atoms with Gasteiger partial charge in [0, 0.05) is 5.92 Å². The summed E-state index contributed by atoms with van der Waals surface area (Å²) in [5.74, 6) is 11.7. The highest BCUT2D eigenvalue weighted by atomic mass is 14.5. The normalized spacial score (nSPS) is 31.0. The third-order valence-electron chi connectivity index (χ3n) is 20.3. The van der Waals surface area contributed by atoms with Gasteiger partial charge >= 0.3 is 0 Å². The van der Waals surface area contributed by atoms with Gasteiger partial charge in [0.25, 0.3) is 0 Å². The molecule has 0 radical (unpaired) electrons. The van der Waals surface area contributed by atoms with Crippen molar-refractivity contribution < 1.29 is 0 Å². The Morgan fingerprint density at radius 2 is 1.49 bits per heavy atom. The maximum atomic E-state index is 3.09. The number of hydrogen-bond donors (Lipinski definition) is 0. The average Bonchev–Trinajstić information content (AvgIpc) is 3.36. The Labute approximate surface area is 407 Å². The molecular formula is C65H110. The van der Waals surface area contributed by atoms with Crippen molar-refractivity contribution in [3.63, 3.8) is 0 Å². The molecule has 370 valence electrons. The zero-order valence-corrected chi connectivity index (χ0v) is 44.7. The van der Waals surface area contributed by atoms with Gasteiger partial charge in [0.1, 0.15) is 0 Å². The fraction of sp³-hybridized carbons (Fsp3) is 0.846. The van der Waals surface area contributed by atoms with Crippen molar-refractivity contribution in [3.05, 3.63) is 58.7 Å². The van der Waals surface area contributed by atoms with Gasteiger partial charge in [-0.1, -0.05) is 185 Å². The zero-order chi connectivity index (χ0) is 45.8. The molecule has 11 atom stereocenters. The van der Waals surface area contributed by atoms with Crippen LogP contribution >= 0.6 is 0 Å². The molecular weight excluding hydrogens is 781 g/mol. The first-order valence-corrected chi connectivity index (χ1v) is 30.3. The Morgan fingerprint density at radius 3 is 2.20 bits per heavy atom. The molecule has 0 aromatic rings. The van der Waals surface area contributed by atoms with Crippen LogP contribution in [-0.2, 0) is 0 Å². The topological polar surface area (TPSA) is 0 Å². The first kappa shape index (κ1) is 53.1. The number of hydrogen-bond acceptors (Lipinski definition) is 0. The van der Waals surface area contributed by atoms with Crippen LogP contribution in [0.25, 0.3) is 0 Å². The maximum absolute atomic E-state index is 3.09. The van der Waals surface area contributed by atoms with Crippen molar-refractivity contribution in [3.8, 4) is 0 Å². The van der Waals surface area contributed by atoms with Gasteiger partial charge < -0.3 is 0 Å². The van der Waals surface area contributed by atoms with Gasteiger partial charge in [-0.05, 0) is 218 Å². The van der Waals surface area contributed by atoms with Crippen LogP contribution in [0.4, 0.5) is 0 Å². The summed E-state index contributed by atoms with van der Waals surface area (Å²) in [6, 6.07) is 0. The highest BCUT2D eigenvalue weighted by Gasteiger charge is 2.40. The standard InChI is InChI=1S/C65H110/c1-8-26-49(10-3)44-50(11-4)45-65(63(56-30-17-15-18-31-56)43-42-54(14-7)59-41-40-55-29-21-22-34-58(55)47-59)62-37-24-23-35-60(62)48-61-39-38-51(46-64(61)57-32-19-16-20-33-57)28-25-36-53(13-6)52(12-5)27-9-2/h9,22,27,34-35,45,49-51,54-59,61-64H,8,10-21,23-26,28-33,36-44,46-48H2,1-7H3/b27-9-,53-52+,65-45?. The highest BCUT2D eigenvalue weighted by molar-refractivity contribution is 5.28. The van der Waals surface area contributed by atoms with E-state index < -0.39 is 0 Å². The second-order valence-corrected chi connectivity index (χ2v) is 24.1. The quantitative estimate of drug-likeness (QED) is 0.0633. The molecule has 0 heteroatoms. The molecule has 0 spiro atoms. The predicted octanol–water partition coefficient (Wildman–Crippen LogP) is 21.1. The van der Waals surface area contributed by atoms with Gasteiger partial charge in [-0.3, -0.25) is 0 Å². The molecule has 0 bridgehead atoms. The Kier molecular flexibility index (Phi) is 23.7. The molecule has 6 aliphatic rings. The van der Waals surface area contributed by atoms with E-state index in [0.717, 1.165) is 76.9 Å². The molecule has 4 fully saturated rings. The van der Waals surface area contributed by atoms with Crippen LogP contribution < -0.4 is 0 Å². The SMILES string of the molecule is C/C=C\C(CC)=C(/CC)CCCC1CCC(CC2=CCCCC2C(=CC(CC)CC(CC)CCC)C(CCC(CC)C2CCC3CCC=CC3C2)C2CCCCC2)C(C2CCCCC2)C1. The van der Waals surface area contributed by atoms with Gasteiger partial charge in [0.15, 0.2) is 0 Å². The molecule has 11 unspecified atom stereocenters. The van der Waals surface area contributed by atoms with E-state index in [-0.39, 0.29) is 0 Å². The summed E-state index contributed by atoms with van der Waals surface area (Å²) in [4.78, 5) is 0.